The second kappa shape index (κ2) is 4.58. The predicted octanol–water partition coefficient (Wildman–Crippen LogP) is 4.07. The Morgan fingerprint density at radius 3 is 2.50 bits per heavy atom. The van der Waals surface area contributed by atoms with Gasteiger partial charge in [-0.1, -0.05) is 48.9 Å². The topological polar surface area (TPSA) is 26.0 Å². The SMILES string of the molecule is CC(c1cccc(N)c1)c1ccccc1Cl. The number of nitrogen functional groups attached to an aromatic ring is 1. The van der Waals surface area contributed by atoms with Gasteiger partial charge in [0.05, 0.1) is 0 Å². The molecule has 0 saturated carbocycles. The van der Waals surface area contributed by atoms with Gasteiger partial charge in [-0.05, 0) is 29.3 Å². The van der Waals surface area contributed by atoms with Gasteiger partial charge in [0.15, 0.2) is 0 Å². The molecule has 0 heterocycles. The fourth-order valence-corrected chi connectivity index (χ4v) is 2.13. The molecule has 16 heavy (non-hydrogen) atoms. The largest absolute Gasteiger partial charge is 0.399 e. The van der Waals surface area contributed by atoms with Crippen LogP contribution in [0.5, 0.6) is 0 Å². The van der Waals surface area contributed by atoms with Gasteiger partial charge < -0.3 is 5.73 Å². The lowest BCUT2D eigenvalue weighted by molar-refractivity contribution is 0.923. The summed E-state index contributed by atoms with van der Waals surface area (Å²) in [7, 11) is 0. The first-order chi connectivity index (χ1) is 7.68. The van der Waals surface area contributed by atoms with Crippen molar-refractivity contribution in [1.82, 2.24) is 0 Å². The van der Waals surface area contributed by atoms with Crippen LogP contribution < -0.4 is 5.73 Å². The minimum absolute atomic E-state index is 0.261. The van der Waals surface area contributed by atoms with Gasteiger partial charge in [-0.2, -0.15) is 0 Å². The van der Waals surface area contributed by atoms with Crippen LogP contribution in [0.1, 0.15) is 24.0 Å². The second-order valence-electron chi connectivity index (χ2n) is 3.91. The van der Waals surface area contributed by atoms with Crippen LogP contribution in [0, 0.1) is 0 Å². The average molecular weight is 232 g/mol. The molecule has 2 rings (SSSR count). The van der Waals surface area contributed by atoms with Gasteiger partial charge in [-0.15, -0.1) is 0 Å². The van der Waals surface area contributed by atoms with Crippen molar-refractivity contribution in [2.24, 2.45) is 0 Å². The summed E-state index contributed by atoms with van der Waals surface area (Å²) >= 11 is 6.18. The standard InChI is InChI=1S/C14H14ClN/c1-10(11-5-4-6-12(16)9-11)13-7-2-3-8-14(13)15/h2-10H,16H2,1H3. The van der Waals surface area contributed by atoms with Crippen molar-refractivity contribution < 1.29 is 0 Å². The van der Waals surface area contributed by atoms with Crippen LogP contribution in [0.4, 0.5) is 5.69 Å². The smallest absolute Gasteiger partial charge is 0.0444 e. The number of hydrogen-bond donors (Lipinski definition) is 1. The van der Waals surface area contributed by atoms with Gasteiger partial charge in [0.1, 0.15) is 0 Å². The fourth-order valence-electron chi connectivity index (χ4n) is 1.83. The molecule has 1 nitrogen and oxygen atoms in total. The Labute approximate surface area is 101 Å². The molecular formula is C14H14ClN. The summed E-state index contributed by atoms with van der Waals surface area (Å²) in [5.41, 5.74) is 8.89. The van der Waals surface area contributed by atoms with Crippen molar-refractivity contribution >= 4 is 17.3 Å². The van der Waals surface area contributed by atoms with Crippen molar-refractivity contribution in [3.63, 3.8) is 0 Å². The van der Waals surface area contributed by atoms with E-state index in [0.29, 0.717) is 0 Å². The summed E-state index contributed by atoms with van der Waals surface area (Å²) in [6.07, 6.45) is 0. The van der Waals surface area contributed by atoms with Crippen LogP contribution in [0.15, 0.2) is 48.5 Å². The molecule has 2 heteroatoms. The van der Waals surface area contributed by atoms with Crippen LogP contribution in [-0.2, 0) is 0 Å². The normalized spacial score (nSPS) is 12.4. The van der Waals surface area contributed by atoms with Crippen molar-refractivity contribution in [2.45, 2.75) is 12.8 Å². The summed E-state index contributed by atoms with van der Waals surface area (Å²) in [4.78, 5) is 0. The van der Waals surface area contributed by atoms with Gasteiger partial charge in [0, 0.05) is 16.6 Å². The number of hydrogen-bond acceptors (Lipinski definition) is 1. The Morgan fingerprint density at radius 2 is 1.81 bits per heavy atom. The van der Waals surface area contributed by atoms with E-state index in [9.17, 15) is 0 Å². The highest BCUT2D eigenvalue weighted by molar-refractivity contribution is 6.31. The molecule has 2 aromatic carbocycles. The Bertz CT molecular complexity index is 494. The van der Waals surface area contributed by atoms with Gasteiger partial charge >= 0.3 is 0 Å². The zero-order valence-electron chi connectivity index (χ0n) is 9.15. The third-order valence-electron chi connectivity index (χ3n) is 2.78. The van der Waals surface area contributed by atoms with E-state index in [1.54, 1.807) is 0 Å². The number of halogens is 1. The summed E-state index contributed by atoms with van der Waals surface area (Å²) < 4.78 is 0. The first kappa shape index (κ1) is 11.0. The highest BCUT2D eigenvalue weighted by atomic mass is 35.5. The fraction of sp³-hybridized carbons (Fsp3) is 0.143. The van der Waals surface area contributed by atoms with E-state index < -0.39 is 0 Å². The van der Waals surface area contributed by atoms with Crippen LogP contribution in [-0.4, -0.2) is 0 Å². The van der Waals surface area contributed by atoms with Crippen LogP contribution in [0.3, 0.4) is 0 Å². The molecule has 0 aromatic heterocycles. The summed E-state index contributed by atoms with van der Waals surface area (Å²) in [5.74, 6) is 0.261. The van der Waals surface area contributed by atoms with Crippen LogP contribution in [0.2, 0.25) is 5.02 Å². The molecule has 2 N–H and O–H groups in total. The Morgan fingerprint density at radius 1 is 1.06 bits per heavy atom. The molecule has 0 amide bonds. The third kappa shape index (κ3) is 2.20. The quantitative estimate of drug-likeness (QED) is 0.775. The van der Waals surface area contributed by atoms with E-state index in [0.717, 1.165) is 16.3 Å². The number of nitrogens with two attached hydrogens (primary N) is 1. The maximum Gasteiger partial charge on any atom is 0.0444 e. The van der Waals surface area contributed by atoms with Crippen molar-refractivity contribution in [1.29, 1.82) is 0 Å². The van der Waals surface area contributed by atoms with Crippen molar-refractivity contribution in [2.75, 3.05) is 5.73 Å². The minimum Gasteiger partial charge on any atom is -0.399 e. The van der Waals surface area contributed by atoms with E-state index >= 15 is 0 Å². The van der Waals surface area contributed by atoms with Gasteiger partial charge in [0.2, 0.25) is 0 Å². The lowest BCUT2D eigenvalue weighted by atomic mass is 9.93. The molecule has 2 aromatic rings. The van der Waals surface area contributed by atoms with E-state index in [2.05, 4.69) is 19.1 Å². The molecule has 82 valence electrons. The molecule has 1 unspecified atom stereocenters. The van der Waals surface area contributed by atoms with Crippen molar-refractivity contribution in [3.8, 4) is 0 Å². The minimum atomic E-state index is 0.261. The monoisotopic (exact) mass is 231 g/mol. The average Bonchev–Trinajstić information content (AvgIpc) is 2.29. The summed E-state index contributed by atoms with van der Waals surface area (Å²) in [5, 5.41) is 0.803. The molecular weight excluding hydrogens is 218 g/mol. The molecule has 0 saturated heterocycles. The van der Waals surface area contributed by atoms with E-state index in [-0.39, 0.29) is 5.92 Å². The summed E-state index contributed by atoms with van der Waals surface area (Å²) in [6.45, 7) is 2.13. The molecule has 0 aliphatic carbocycles. The highest BCUT2D eigenvalue weighted by Gasteiger charge is 2.11. The van der Waals surface area contributed by atoms with Crippen LogP contribution in [0.25, 0.3) is 0 Å². The van der Waals surface area contributed by atoms with Crippen LogP contribution >= 0.6 is 11.6 Å². The number of anilines is 1. The number of benzene rings is 2. The number of rotatable bonds is 2. The van der Waals surface area contributed by atoms with E-state index in [1.165, 1.54) is 5.56 Å². The predicted molar refractivity (Wildman–Crippen MR) is 69.8 cm³/mol. The Balaban J connectivity index is 2.39. The first-order valence-electron chi connectivity index (χ1n) is 5.28. The molecule has 1 atom stereocenters. The molecule has 0 aliphatic rings. The van der Waals surface area contributed by atoms with E-state index in [4.69, 9.17) is 17.3 Å². The molecule has 0 aliphatic heterocycles. The van der Waals surface area contributed by atoms with Gasteiger partial charge in [-0.25, -0.2) is 0 Å². The van der Waals surface area contributed by atoms with Crippen molar-refractivity contribution in [3.05, 3.63) is 64.7 Å². The van der Waals surface area contributed by atoms with Gasteiger partial charge in [-0.3, -0.25) is 0 Å². The third-order valence-corrected chi connectivity index (χ3v) is 3.13. The second-order valence-corrected chi connectivity index (χ2v) is 4.32. The lowest BCUT2D eigenvalue weighted by Crippen LogP contribution is -1.98. The first-order valence-corrected chi connectivity index (χ1v) is 5.66. The molecule has 0 radical (unpaired) electrons. The highest BCUT2D eigenvalue weighted by Crippen LogP contribution is 2.30. The molecule has 0 spiro atoms. The maximum absolute atomic E-state index is 6.18. The Hall–Kier alpha value is -1.47. The summed E-state index contributed by atoms with van der Waals surface area (Å²) in [6, 6.07) is 15.8. The molecule has 0 bridgehead atoms. The zero-order valence-corrected chi connectivity index (χ0v) is 9.91. The lowest BCUT2D eigenvalue weighted by Gasteiger charge is -2.14. The van der Waals surface area contributed by atoms with Gasteiger partial charge in [0.25, 0.3) is 0 Å². The zero-order chi connectivity index (χ0) is 11.5. The maximum atomic E-state index is 6.18. The molecule has 0 fully saturated rings. The van der Waals surface area contributed by atoms with E-state index in [1.807, 2.05) is 36.4 Å². The Kier molecular flexibility index (Phi) is 3.16.